The standard InChI is InChI=1S/C14H19NO/c1-11-7-8-15-10-13(11)14(16)9-12-5-3-2-4-6-12/h5,7-8,10,14,16H,2-4,6,9H2,1H3. The molecule has 0 spiro atoms. The lowest BCUT2D eigenvalue weighted by atomic mass is 9.92. The summed E-state index contributed by atoms with van der Waals surface area (Å²) in [5.74, 6) is 0. The van der Waals surface area contributed by atoms with Crippen LogP contribution in [-0.4, -0.2) is 10.1 Å². The molecule has 1 aromatic heterocycles. The van der Waals surface area contributed by atoms with E-state index in [1.165, 1.54) is 24.8 Å². The fraction of sp³-hybridized carbons (Fsp3) is 0.500. The third kappa shape index (κ3) is 2.70. The van der Waals surface area contributed by atoms with Crippen molar-refractivity contribution in [2.45, 2.75) is 45.1 Å². The summed E-state index contributed by atoms with van der Waals surface area (Å²) in [5.41, 5.74) is 3.50. The Balaban J connectivity index is 2.05. The van der Waals surface area contributed by atoms with Gasteiger partial charge >= 0.3 is 0 Å². The van der Waals surface area contributed by atoms with Gasteiger partial charge < -0.3 is 5.11 Å². The van der Waals surface area contributed by atoms with E-state index in [1.54, 1.807) is 12.4 Å². The van der Waals surface area contributed by atoms with Crippen LogP contribution in [0, 0.1) is 6.92 Å². The molecule has 0 aromatic carbocycles. The fourth-order valence-electron chi connectivity index (χ4n) is 2.27. The van der Waals surface area contributed by atoms with E-state index >= 15 is 0 Å². The molecule has 0 saturated heterocycles. The molecule has 2 heteroatoms. The number of aromatic nitrogens is 1. The van der Waals surface area contributed by atoms with E-state index in [9.17, 15) is 5.11 Å². The summed E-state index contributed by atoms with van der Waals surface area (Å²) >= 11 is 0. The van der Waals surface area contributed by atoms with Crippen LogP contribution in [0.1, 0.15) is 49.3 Å². The van der Waals surface area contributed by atoms with E-state index in [4.69, 9.17) is 0 Å². The quantitative estimate of drug-likeness (QED) is 0.788. The summed E-state index contributed by atoms with van der Waals surface area (Å²) in [6.07, 6.45) is 11.1. The second kappa shape index (κ2) is 5.26. The van der Waals surface area contributed by atoms with Crippen LogP contribution in [0.3, 0.4) is 0 Å². The van der Waals surface area contributed by atoms with E-state index in [2.05, 4.69) is 11.1 Å². The molecule has 1 aliphatic rings. The largest absolute Gasteiger partial charge is 0.388 e. The highest BCUT2D eigenvalue weighted by Crippen LogP contribution is 2.28. The fourth-order valence-corrected chi connectivity index (χ4v) is 2.27. The summed E-state index contributed by atoms with van der Waals surface area (Å²) < 4.78 is 0. The Morgan fingerprint density at radius 3 is 3.00 bits per heavy atom. The maximum atomic E-state index is 10.2. The Labute approximate surface area is 97.0 Å². The van der Waals surface area contributed by atoms with Gasteiger partial charge in [0.1, 0.15) is 0 Å². The number of pyridine rings is 1. The molecule has 1 heterocycles. The zero-order chi connectivity index (χ0) is 11.4. The molecule has 0 radical (unpaired) electrons. The van der Waals surface area contributed by atoms with Crippen LogP contribution in [0.4, 0.5) is 0 Å². The SMILES string of the molecule is Cc1ccncc1C(O)CC1=CCCCC1. The maximum Gasteiger partial charge on any atom is 0.0844 e. The Bertz CT molecular complexity index is 384. The maximum absolute atomic E-state index is 10.2. The number of hydrogen-bond donors (Lipinski definition) is 1. The molecular formula is C14H19NO. The molecule has 1 atom stereocenters. The summed E-state index contributed by atoms with van der Waals surface area (Å²) in [6, 6.07) is 1.95. The molecule has 1 N–H and O–H groups in total. The van der Waals surface area contributed by atoms with Crippen molar-refractivity contribution in [3.8, 4) is 0 Å². The number of allylic oxidation sites excluding steroid dienone is 1. The molecule has 2 nitrogen and oxygen atoms in total. The molecule has 86 valence electrons. The smallest absolute Gasteiger partial charge is 0.0844 e. The van der Waals surface area contributed by atoms with Gasteiger partial charge in [-0.05, 0) is 50.7 Å². The van der Waals surface area contributed by atoms with E-state index in [0.717, 1.165) is 24.0 Å². The van der Waals surface area contributed by atoms with Gasteiger partial charge in [0.2, 0.25) is 0 Å². The molecule has 16 heavy (non-hydrogen) atoms. The zero-order valence-corrected chi connectivity index (χ0v) is 9.82. The predicted octanol–water partition coefficient (Wildman–Crippen LogP) is 3.31. The molecule has 0 aliphatic heterocycles. The van der Waals surface area contributed by atoms with Crippen molar-refractivity contribution in [3.63, 3.8) is 0 Å². The number of hydrogen-bond acceptors (Lipinski definition) is 2. The summed E-state index contributed by atoms with van der Waals surface area (Å²) in [4.78, 5) is 4.08. The van der Waals surface area contributed by atoms with Crippen LogP contribution in [0.15, 0.2) is 30.1 Å². The third-order valence-corrected chi connectivity index (χ3v) is 3.28. The Hall–Kier alpha value is -1.15. The van der Waals surface area contributed by atoms with Crippen molar-refractivity contribution >= 4 is 0 Å². The molecule has 2 rings (SSSR count). The van der Waals surface area contributed by atoms with Gasteiger partial charge in [-0.25, -0.2) is 0 Å². The second-order valence-electron chi connectivity index (χ2n) is 4.56. The van der Waals surface area contributed by atoms with Gasteiger partial charge in [0.15, 0.2) is 0 Å². The lowest BCUT2D eigenvalue weighted by molar-refractivity contribution is 0.175. The Morgan fingerprint density at radius 2 is 2.31 bits per heavy atom. The minimum Gasteiger partial charge on any atom is -0.388 e. The molecule has 0 amide bonds. The van der Waals surface area contributed by atoms with Gasteiger partial charge in [-0.15, -0.1) is 0 Å². The lowest BCUT2D eigenvalue weighted by Crippen LogP contribution is -2.04. The van der Waals surface area contributed by atoms with Crippen molar-refractivity contribution in [2.24, 2.45) is 0 Å². The van der Waals surface area contributed by atoms with Gasteiger partial charge in [0.05, 0.1) is 6.10 Å². The van der Waals surface area contributed by atoms with Crippen molar-refractivity contribution in [1.29, 1.82) is 0 Å². The molecule has 0 fully saturated rings. The van der Waals surface area contributed by atoms with Gasteiger partial charge in [-0.3, -0.25) is 4.98 Å². The first-order valence-electron chi connectivity index (χ1n) is 6.04. The first-order chi connectivity index (χ1) is 7.77. The van der Waals surface area contributed by atoms with E-state index in [0.29, 0.717) is 0 Å². The van der Waals surface area contributed by atoms with Crippen LogP contribution in [0.5, 0.6) is 0 Å². The molecule has 1 unspecified atom stereocenters. The Kier molecular flexibility index (Phi) is 3.73. The normalized spacial score (nSPS) is 18.0. The van der Waals surface area contributed by atoms with Crippen molar-refractivity contribution in [1.82, 2.24) is 4.98 Å². The molecule has 0 saturated carbocycles. The van der Waals surface area contributed by atoms with Crippen LogP contribution in [0.25, 0.3) is 0 Å². The summed E-state index contributed by atoms with van der Waals surface area (Å²) in [5, 5.41) is 10.2. The lowest BCUT2D eigenvalue weighted by Gasteiger charge is -2.17. The van der Waals surface area contributed by atoms with Crippen LogP contribution in [-0.2, 0) is 0 Å². The zero-order valence-electron chi connectivity index (χ0n) is 9.82. The first-order valence-corrected chi connectivity index (χ1v) is 6.04. The first kappa shape index (κ1) is 11.3. The van der Waals surface area contributed by atoms with Gasteiger partial charge in [-0.2, -0.15) is 0 Å². The number of aliphatic hydroxyl groups excluding tert-OH is 1. The minimum absolute atomic E-state index is 0.391. The van der Waals surface area contributed by atoms with Crippen molar-refractivity contribution in [2.75, 3.05) is 0 Å². The topological polar surface area (TPSA) is 33.1 Å². The average molecular weight is 217 g/mol. The Morgan fingerprint density at radius 1 is 1.44 bits per heavy atom. The average Bonchev–Trinajstić information content (AvgIpc) is 2.31. The molecular weight excluding hydrogens is 198 g/mol. The highest BCUT2D eigenvalue weighted by Gasteiger charge is 2.13. The van der Waals surface area contributed by atoms with Crippen LogP contribution >= 0.6 is 0 Å². The molecule has 0 bridgehead atoms. The van der Waals surface area contributed by atoms with Crippen molar-refractivity contribution in [3.05, 3.63) is 41.2 Å². The van der Waals surface area contributed by atoms with E-state index < -0.39 is 6.10 Å². The van der Waals surface area contributed by atoms with Gasteiger partial charge in [0.25, 0.3) is 0 Å². The second-order valence-corrected chi connectivity index (χ2v) is 4.56. The number of aryl methyl sites for hydroxylation is 1. The molecule has 1 aromatic rings. The molecule has 1 aliphatic carbocycles. The summed E-state index contributed by atoms with van der Waals surface area (Å²) in [6.45, 7) is 2.02. The van der Waals surface area contributed by atoms with Crippen LogP contribution < -0.4 is 0 Å². The van der Waals surface area contributed by atoms with Gasteiger partial charge in [-0.1, -0.05) is 11.6 Å². The predicted molar refractivity (Wildman–Crippen MR) is 65.1 cm³/mol. The number of rotatable bonds is 3. The van der Waals surface area contributed by atoms with Crippen molar-refractivity contribution < 1.29 is 5.11 Å². The number of aliphatic hydroxyl groups is 1. The number of nitrogens with zero attached hydrogens (tertiary/aromatic N) is 1. The van der Waals surface area contributed by atoms with E-state index in [1.807, 2.05) is 13.0 Å². The van der Waals surface area contributed by atoms with E-state index in [-0.39, 0.29) is 0 Å². The minimum atomic E-state index is -0.391. The highest BCUT2D eigenvalue weighted by molar-refractivity contribution is 5.25. The van der Waals surface area contributed by atoms with Gasteiger partial charge in [0, 0.05) is 18.0 Å². The van der Waals surface area contributed by atoms with Crippen LogP contribution in [0.2, 0.25) is 0 Å². The monoisotopic (exact) mass is 217 g/mol. The highest BCUT2D eigenvalue weighted by atomic mass is 16.3. The summed E-state index contributed by atoms with van der Waals surface area (Å²) in [7, 11) is 0. The third-order valence-electron chi connectivity index (χ3n) is 3.28.